The number of unbranched alkanes of at least 4 members (excludes halogenated alkanes) is 30. The molecular weight excluding hydrogens is 1020 g/mol. The monoisotopic (exact) mass is 1150 g/mol. The van der Waals surface area contributed by atoms with Crippen molar-refractivity contribution in [3.05, 3.63) is 134 Å². The Labute approximate surface area is 513 Å². The van der Waals surface area contributed by atoms with Gasteiger partial charge in [0.05, 0.1) is 6.42 Å². The molecule has 0 spiro atoms. The predicted molar refractivity (Wildman–Crippen MR) is 362 cm³/mol. The van der Waals surface area contributed by atoms with Gasteiger partial charge in [-0.05, 0) is 96.3 Å². The number of esters is 3. The van der Waals surface area contributed by atoms with Crippen LogP contribution >= 0.6 is 0 Å². The quantitative estimate of drug-likeness (QED) is 0.0261. The largest absolute Gasteiger partial charge is 0.462 e. The third kappa shape index (κ3) is 68.2. The summed E-state index contributed by atoms with van der Waals surface area (Å²) >= 11 is 0. The normalized spacial score (nSPS) is 13.0. The summed E-state index contributed by atoms with van der Waals surface area (Å²) in [6.07, 6.45) is 99.3. The van der Waals surface area contributed by atoms with Gasteiger partial charge in [-0.25, -0.2) is 0 Å². The van der Waals surface area contributed by atoms with Gasteiger partial charge in [-0.2, -0.15) is 0 Å². The molecule has 1 unspecified atom stereocenters. The zero-order chi connectivity index (χ0) is 59.9. The second-order valence-electron chi connectivity index (χ2n) is 22.7. The van der Waals surface area contributed by atoms with Crippen LogP contribution in [0.5, 0.6) is 0 Å². The summed E-state index contributed by atoms with van der Waals surface area (Å²) < 4.78 is 16.9. The third-order valence-corrected chi connectivity index (χ3v) is 14.7. The van der Waals surface area contributed by atoms with E-state index in [2.05, 4.69) is 142 Å². The highest BCUT2D eigenvalue weighted by Crippen LogP contribution is 2.17. The summed E-state index contributed by atoms with van der Waals surface area (Å²) in [7, 11) is 0. The molecule has 0 radical (unpaired) electrons. The molecule has 0 N–H and O–H groups in total. The Morgan fingerprint density at radius 2 is 0.518 bits per heavy atom. The Balaban J connectivity index is 4.34. The molecule has 0 bridgehead atoms. The van der Waals surface area contributed by atoms with Crippen LogP contribution in [0.15, 0.2) is 134 Å². The average molecular weight is 1150 g/mol. The first-order valence-corrected chi connectivity index (χ1v) is 34.7. The van der Waals surface area contributed by atoms with E-state index in [0.29, 0.717) is 12.8 Å². The molecule has 0 aliphatic heterocycles. The Morgan fingerprint density at radius 3 is 0.843 bits per heavy atom. The minimum Gasteiger partial charge on any atom is -0.462 e. The van der Waals surface area contributed by atoms with E-state index in [0.717, 1.165) is 109 Å². The molecule has 0 heterocycles. The van der Waals surface area contributed by atoms with Crippen molar-refractivity contribution in [2.75, 3.05) is 13.2 Å². The van der Waals surface area contributed by atoms with Crippen molar-refractivity contribution >= 4 is 17.9 Å². The van der Waals surface area contributed by atoms with Crippen LogP contribution in [0.1, 0.15) is 316 Å². The molecular formula is C77H128O6. The Morgan fingerprint density at radius 1 is 0.265 bits per heavy atom. The van der Waals surface area contributed by atoms with Crippen molar-refractivity contribution < 1.29 is 28.6 Å². The van der Waals surface area contributed by atoms with Gasteiger partial charge < -0.3 is 14.2 Å². The van der Waals surface area contributed by atoms with Gasteiger partial charge >= 0.3 is 17.9 Å². The Hall–Kier alpha value is -4.45. The van der Waals surface area contributed by atoms with E-state index < -0.39 is 12.1 Å². The number of hydrogen-bond donors (Lipinski definition) is 0. The molecule has 0 aromatic heterocycles. The lowest BCUT2D eigenvalue weighted by Crippen LogP contribution is -2.30. The van der Waals surface area contributed by atoms with E-state index in [-0.39, 0.29) is 31.6 Å². The molecule has 0 aliphatic carbocycles. The molecule has 83 heavy (non-hydrogen) atoms. The smallest absolute Gasteiger partial charge is 0.309 e. The first kappa shape index (κ1) is 78.5. The van der Waals surface area contributed by atoms with Gasteiger partial charge in [0, 0.05) is 12.8 Å². The van der Waals surface area contributed by atoms with Gasteiger partial charge in [-0.3, -0.25) is 14.4 Å². The van der Waals surface area contributed by atoms with E-state index in [1.165, 1.54) is 167 Å². The van der Waals surface area contributed by atoms with E-state index >= 15 is 0 Å². The summed E-state index contributed by atoms with van der Waals surface area (Å²) in [4.78, 5) is 38.3. The van der Waals surface area contributed by atoms with Gasteiger partial charge in [0.1, 0.15) is 13.2 Å². The fraction of sp³-hybridized carbons (Fsp3) is 0.675. The van der Waals surface area contributed by atoms with Crippen molar-refractivity contribution in [2.24, 2.45) is 0 Å². The molecule has 0 amide bonds. The minimum absolute atomic E-state index is 0.109. The third-order valence-electron chi connectivity index (χ3n) is 14.7. The molecule has 0 aromatic carbocycles. The molecule has 6 nitrogen and oxygen atoms in total. The molecule has 0 aliphatic rings. The van der Waals surface area contributed by atoms with Crippen molar-refractivity contribution in [2.45, 2.75) is 322 Å². The van der Waals surface area contributed by atoms with Crippen molar-refractivity contribution in [3.63, 3.8) is 0 Å². The maximum atomic E-state index is 12.9. The van der Waals surface area contributed by atoms with Gasteiger partial charge in [0.25, 0.3) is 0 Å². The second-order valence-corrected chi connectivity index (χ2v) is 22.7. The lowest BCUT2D eigenvalue weighted by atomic mass is 10.0. The standard InChI is InChI=1S/C77H128O6/c1-4-7-10-13-16-19-22-25-28-30-32-33-34-35-36-37-38-39-40-41-42-43-45-46-49-52-55-58-61-64-67-70-76(79)82-73-74(72-81-75(78)69-66-63-60-57-54-51-48-27-24-21-18-15-12-9-6-3)83-77(80)71-68-65-62-59-56-53-50-47-44-31-29-26-23-20-17-14-11-8-5-2/h7,9-10,12,16,18-19,21,25,27-28,32-33,35-36,38-39,48,54,57,63,66,74H,4-6,8,11,13-15,17,20,22-24,26,29-31,34,37,40-47,49-53,55-56,58-62,64-65,67-73H2,1-3H3/b10-7-,12-9-,19-16-,21-18-,28-25-,33-32-,36-35-,39-38-,48-27-,57-54-,66-63-. The summed E-state index contributed by atoms with van der Waals surface area (Å²) in [6, 6.07) is 0. The minimum atomic E-state index is -0.822. The number of rotatable bonds is 62. The fourth-order valence-electron chi connectivity index (χ4n) is 9.58. The van der Waals surface area contributed by atoms with Crippen LogP contribution < -0.4 is 0 Å². The van der Waals surface area contributed by atoms with E-state index in [4.69, 9.17) is 14.2 Å². The molecule has 472 valence electrons. The maximum Gasteiger partial charge on any atom is 0.309 e. The van der Waals surface area contributed by atoms with Crippen molar-refractivity contribution in [3.8, 4) is 0 Å². The Kier molecular flexibility index (Phi) is 66.3. The van der Waals surface area contributed by atoms with Crippen LogP contribution in [0.25, 0.3) is 0 Å². The first-order chi connectivity index (χ1) is 41.0. The van der Waals surface area contributed by atoms with Crippen LogP contribution in [-0.4, -0.2) is 37.2 Å². The van der Waals surface area contributed by atoms with Crippen LogP contribution in [-0.2, 0) is 28.6 Å². The number of hydrogen-bond acceptors (Lipinski definition) is 6. The molecule has 6 heteroatoms. The zero-order valence-electron chi connectivity index (χ0n) is 54.2. The molecule has 0 saturated carbocycles. The fourth-order valence-corrected chi connectivity index (χ4v) is 9.58. The highest BCUT2D eigenvalue weighted by Gasteiger charge is 2.19. The van der Waals surface area contributed by atoms with Crippen molar-refractivity contribution in [1.29, 1.82) is 0 Å². The van der Waals surface area contributed by atoms with Gasteiger partial charge in [0.15, 0.2) is 6.10 Å². The number of allylic oxidation sites excluding steroid dienone is 21. The average Bonchev–Trinajstić information content (AvgIpc) is 3.49. The lowest BCUT2D eigenvalue weighted by Gasteiger charge is -2.18. The van der Waals surface area contributed by atoms with Crippen LogP contribution in [0.4, 0.5) is 0 Å². The molecule has 0 aromatic rings. The lowest BCUT2D eigenvalue weighted by molar-refractivity contribution is -0.166. The Bertz CT molecular complexity index is 1750. The van der Waals surface area contributed by atoms with Gasteiger partial charge in [0.2, 0.25) is 0 Å². The van der Waals surface area contributed by atoms with Crippen LogP contribution in [0, 0.1) is 0 Å². The summed E-state index contributed by atoms with van der Waals surface area (Å²) in [5.74, 6) is -1.03. The predicted octanol–water partition coefficient (Wildman–Crippen LogP) is 24.1. The topological polar surface area (TPSA) is 78.9 Å². The summed E-state index contributed by atoms with van der Waals surface area (Å²) in [5, 5.41) is 0. The molecule has 0 saturated heterocycles. The molecule has 0 rings (SSSR count). The highest BCUT2D eigenvalue weighted by atomic mass is 16.6. The van der Waals surface area contributed by atoms with E-state index in [1.807, 2.05) is 6.08 Å². The van der Waals surface area contributed by atoms with E-state index in [1.54, 1.807) is 6.08 Å². The van der Waals surface area contributed by atoms with Crippen LogP contribution in [0.2, 0.25) is 0 Å². The maximum absolute atomic E-state index is 12.9. The molecule has 0 fully saturated rings. The van der Waals surface area contributed by atoms with Gasteiger partial charge in [-0.15, -0.1) is 0 Å². The summed E-state index contributed by atoms with van der Waals surface area (Å²) in [6.45, 7) is 6.35. The number of ether oxygens (including phenoxy) is 3. The van der Waals surface area contributed by atoms with Gasteiger partial charge in [-0.1, -0.05) is 334 Å². The van der Waals surface area contributed by atoms with E-state index in [9.17, 15) is 14.4 Å². The first-order valence-electron chi connectivity index (χ1n) is 34.7. The number of carbonyl (C=O) groups excluding carboxylic acids is 3. The highest BCUT2D eigenvalue weighted by molar-refractivity contribution is 5.72. The molecule has 1 atom stereocenters. The van der Waals surface area contributed by atoms with Crippen molar-refractivity contribution in [1.82, 2.24) is 0 Å². The number of carbonyl (C=O) groups is 3. The zero-order valence-corrected chi connectivity index (χ0v) is 54.2. The summed E-state index contributed by atoms with van der Waals surface area (Å²) in [5.41, 5.74) is 0. The SMILES string of the molecule is CC/C=C\C/C=C\C/C=C\C/C=C\C/C=C\C/C=C\CCCCCCCCCCCCCCC(=O)OCC(COC(=O)C/C=C\C/C=C\C/C=C\C/C=C\C/C=C\CC)OC(=O)CCCCCCCCCCCCCCCCCCCCC. The second kappa shape index (κ2) is 70.0. The van der Waals surface area contributed by atoms with Crippen LogP contribution in [0.3, 0.4) is 0 Å².